The fraction of sp³-hybridized carbons (Fsp3) is 0.552. The van der Waals surface area contributed by atoms with Gasteiger partial charge in [-0.25, -0.2) is 4.79 Å². The number of β-amino-alcohol motifs (C(OH)–C–C–N with tert-alkyl or cyclic N) is 1. The van der Waals surface area contributed by atoms with E-state index in [1.165, 1.54) is 0 Å². The highest BCUT2D eigenvalue weighted by molar-refractivity contribution is 9.10. The van der Waals surface area contributed by atoms with Gasteiger partial charge in [-0.2, -0.15) is 0 Å². The average molecular weight is 609 g/mol. The van der Waals surface area contributed by atoms with Crippen LogP contribution < -0.4 is 10.1 Å². The Bertz CT molecular complexity index is 1080. The molecule has 0 bridgehead atoms. The van der Waals surface area contributed by atoms with E-state index in [0.717, 1.165) is 60.5 Å². The smallest absolute Gasteiger partial charge is 0.407 e. The zero-order chi connectivity index (χ0) is 27.3. The third-order valence-corrected chi connectivity index (χ3v) is 7.77. The van der Waals surface area contributed by atoms with Gasteiger partial charge < -0.3 is 19.9 Å². The second-order valence-corrected chi connectivity index (χ2v) is 12.9. The number of likely N-dealkylation sites (tertiary alicyclic amines) is 2. The Morgan fingerprint density at radius 3 is 2.53 bits per heavy atom. The number of nitrogens with one attached hydrogen (secondary N) is 1. The molecule has 4 rings (SSSR count). The van der Waals surface area contributed by atoms with Crippen molar-refractivity contribution in [2.45, 2.75) is 70.4 Å². The number of hydrogen-bond acceptors (Lipinski definition) is 6. The second-order valence-electron chi connectivity index (χ2n) is 11.5. The van der Waals surface area contributed by atoms with Crippen LogP contribution in [0.2, 0.25) is 5.02 Å². The van der Waals surface area contributed by atoms with E-state index < -0.39 is 11.2 Å². The van der Waals surface area contributed by atoms with Crippen LogP contribution in [0.4, 0.5) is 4.79 Å². The summed E-state index contributed by atoms with van der Waals surface area (Å²) in [5, 5.41) is 15.0. The first-order valence-electron chi connectivity index (χ1n) is 13.3. The van der Waals surface area contributed by atoms with E-state index in [-0.39, 0.29) is 12.1 Å². The van der Waals surface area contributed by atoms with E-state index in [2.05, 4.69) is 37.1 Å². The maximum atomic E-state index is 12.1. The van der Waals surface area contributed by atoms with E-state index in [1.54, 1.807) is 0 Å². The predicted molar refractivity (Wildman–Crippen MR) is 154 cm³/mol. The number of benzene rings is 2. The van der Waals surface area contributed by atoms with Crippen molar-refractivity contribution in [1.29, 1.82) is 0 Å². The van der Waals surface area contributed by atoms with Crippen molar-refractivity contribution in [3.05, 3.63) is 63.1 Å². The first-order valence-corrected chi connectivity index (χ1v) is 14.5. The SMILES string of the molecule is CC(C)(C)OC(=O)NC1CCN(CC2(O)CCN(Cc3cc(Br)ccc3OCc3ccc(Cl)cc3)CC2)C1. The van der Waals surface area contributed by atoms with Crippen LogP contribution in [0.5, 0.6) is 5.75 Å². The van der Waals surface area contributed by atoms with Crippen molar-refractivity contribution in [2.75, 3.05) is 32.7 Å². The van der Waals surface area contributed by atoms with Gasteiger partial charge in [-0.3, -0.25) is 9.80 Å². The number of piperidine rings is 1. The molecule has 2 aromatic carbocycles. The molecule has 2 N–H and O–H groups in total. The second kappa shape index (κ2) is 12.6. The Kier molecular flexibility index (Phi) is 9.63. The fourth-order valence-electron chi connectivity index (χ4n) is 5.07. The molecule has 2 saturated heterocycles. The summed E-state index contributed by atoms with van der Waals surface area (Å²) in [6, 6.07) is 13.9. The molecule has 1 unspecified atom stereocenters. The molecule has 0 aromatic heterocycles. The van der Waals surface area contributed by atoms with Gasteiger partial charge in [0.2, 0.25) is 0 Å². The standard InChI is InChI=1S/C29H39BrClN3O4/c1-28(2,3)38-27(35)32-25-10-13-34(18-25)20-29(36)11-14-33(15-12-29)17-22-16-23(30)6-9-26(22)37-19-21-4-7-24(31)8-5-21/h4-9,16,25,36H,10-15,17-20H2,1-3H3,(H,32,35). The number of ether oxygens (including phenoxy) is 2. The number of carbonyl (C=O) groups is 1. The largest absolute Gasteiger partial charge is 0.489 e. The number of aliphatic hydroxyl groups is 1. The van der Waals surface area contributed by atoms with E-state index in [4.69, 9.17) is 21.1 Å². The van der Waals surface area contributed by atoms with Crippen LogP contribution in [0.3, 0.4) is 0 Å². The Morgan fingerprint density at radius 1 is 1.13 bits per heavy atom. The number of nitrogens with zero attached hydrogens (tertiary/aromatic N) is 2. The first-order chi connectivity index (χ1) is 18.0. The maximum Gasteiger partial charge on any atom is 0.407 e. The van der Waals surface area contributed by atoms with Gasteiger partial charge in [0.1, 0.15) is 18.0 Å². The number of alkyl carbamates (subject to hydrolysis) is 1. The molecular formula is C29H39BrClN3O4. The zero-order valence-corrected chi connectivity index (χ0v) is 24.9. The number of carbonyl (C=O) groups excluding carboxylic acids is 1. The fourth-order valence-corrected chi connectivity index (χ4v) is 5.60. The molecule has 0 radical (unpaired) electrons. The van der Waals surface area contributed by atoms with Crippen LogP contribution in [0.1, 0.15) is 51.2 Å². The van der Waals surface area contributed by atoms with E-state index >= 15 is 0 Å². The third kappa shape index (κ3) is 8.85. The summed E-state index contributed by atoms with van der Waals surface area (Å²) in [6.45, 7) is 10.7. The Balaban J connectivity index is 1.25. The Morgan fingerprint density at radius 2 is 1.84 bits per heavy atom. The van der Waals surface area contributed by atoms with Gasteiger partial charge in [-0.05, 0) is 75.9 Å². The highest BCUT2D eigenvalue weighted by Crippen LogP contribution is 2.30. The Hall–Kier alpha value is -1.84. The minimum atomic E-state index is -0.720. The predicted octanol–water partition coefficient (Wildman–Crippen LogP) is 5.61. The molecule has 2 aromatic rings. The summed E-state index contributed by atoms with van der Waals surface area (Å²) in [5.74, 6) is 0.865. The van der Waals surface area contributed by atoms with Crippen molar-refractivity contribution in [1.82, 2.24) is 15.1 Å². The van der Waals surface area contributed by atoms with E-state index in [9.17, 15) is 9.90 Å². The number of hydrogen-bond donors (Lipinski definition) is 2. The third-order valence-electron chi connectivity index (χ3n) is 7.02. The molecule has 9 heteroatoms. The van der Waals surface area contributed by atoms with Gasteiger partial charge in [0.15, 0.2) is 0 Å². The maximum absolute atomic E-state index is 12.1. The van der Waals surface area contributed by atoms with Gasteiger partial charge >= 0.3 is 6.09 Å². The van der Waals surface area contributed by atoms with Crippen molar-refractivity contribution in [3.63, 3.8) is 0 Å². The zero-order valence-electron chi connectivity index (χ0n) is 22.5. The summed E-state index contributed by atoms with van der Waals surface area (Å²) in [7, 11) is 0. The van der Waals surface area contributed by atoms with E-state index in [1.807, 2.05) is 57.2 Å². The van der Waals surface area contributed by atoms with Crippen LogP contribution in [0.25, 0.3) is 0 Å². The van der Waals surface area contributed by atoms with Crippen molar-refractivity contribution < 1.29 is 19.4 Å². The Labute approximate surface area is 239 Å². The molecule has 2 aliphatic heterocycles. The van der Waals surface area contributed by atoms with Crippen LogP contribution in [-0.4, -0.2) is 71.0 Å². The highest BCUT2D eigenvalue weighted by Gasteiger charge is 2.36. The highest BCUT2D eigenvalue weighted by atomic mass is 79.9. The lowest BCUT2D eigenvalue weighted by molar-refractivity contribution is -0.0434. The van der Waals surface area contributed by atoms with Crippen molar-refractivity contribution in [3.8, 4) is 5.75 Å². The van der Waals surface area contributed by atoms with E-state index in [0.29, 0.717) is 31.0 Å². The topological polar surface area (TPSA) is 74.3 Å². The van der Waals surface area contributed by atoms with Crippen LogP contribution in [0.15, 0.2) is 46.9 Å². The average Bonchev–Trinajstić information content (AvgIpc) is 3.26. The van der Waals surface area contributed by atoms with Crippen LogP contribution in [0, 0.1) is 0 Å². The van der Waals surface area contributed by atoms with Crippen LogP contribution in [-0.2, 0) is 17.9 Å². The number of rotatable bonds is 8. The molecule has 0 aliphatic carbocycles. The molecule has 2 fully saturated rings. The van der Waals surface area contributed by atoms with Crippen LogP contribution >= 0.6 is 27.5 Å². The van der Waals surface area contributed by atoms with Gasteiger partial charge in [-0.15, -0.1) is 0 Å². The quantitative estimate of drug-likeness (QED) is 0.406. The molecule has 208 valence electrons. The number of amides is 1. The molecule has 2 aliphatic rings. The first kappa shape index (κ1) is 29.2. The lowest BCUT2D eigenvalue weighted by Crippen LogP contribution is -2.51. The van der Waals surface area contributed by atoms with Gasteiger partial charge in [0, 0.05) is 60.4 Å². The summed E-state index contributed by atoms with van der Waals surface area (Å²) in [5.41, 5.74) is 0.957. The van der Waals surface area contributed by atoms with Crippen molar-refractivity contribution in [2.24, 2.45) is 0 Å². The van der Waals surface area contributed by atoms with Gasteiger partial charge in [0.05, 0.1) is 5.60 Å². The number of halogens is 2. The summed E-state index contributed by atoms with van der Waals surface area (Å²) in [6.07, 6.45) is 1.91. The summed E-state index contributed by atoms with van der Waals surface area (Å²) < 4.78 is 12.6. The molecule has 1 amide bonds. The van der Waals surface area contributed by atoms with Crippen molar-refractivity contribution >= 4 is 33.6 Å². The molecule has 0 spiro atoms. The molecule has 7 nitrogen and oxygen atoms in total. The summed E-state index contributed by atoms with van der Waals surface area (Å²) in [4.78, 5) is 16.7. The molecule has 0 saturated carbocycles. The molecule has 2 heterocycles. The van der Waals surface area contributed by atoms with Gasteiger partial charge in [0.25, 0.3) is 0 Å². The minimum absolute atomic E-state index is 0.0522. The lowest BCUT2D eigenvalue weighted by atomic mass is 9.90. The monoisotopic (exact) mass is 607 g/mol. The normalized spacial score (nSPS) is 20.3. The summed E-state index contributed by atoms with van der Waals surface area (Å²) >= 11 is 9.60. The molecular weight excluding hydrogens is 570 g/mol. The minimum Gasteiger partial charge on any atom is -0.489 e. The molecule has 1 atom stereocenters. The van der Waals surface area contributed by atoms with Gasteiger partial charge in [-0.1, -0.05) is 39.7 Å². The lowest BCUT2D eigenvalue weighted by Gasteiger charge is -2.40. The molecule has 38 heavy (non-hydrogen) atoms.